The van der Waals surface area contributed by atoms with Gasteiger partial charge >= 0.3 is 12.2 Å². The molecule has 0 bridgehead atoms. The van der Waals surface area contributed by atoms with Crippen LogP contribution in [0.2, 0.25) is 5.02 Å². The Morgan fingerprint density at radius 2 is 1.73 bits per heavy atom. The molecule has 2 aromatic carbocycles. The van der Waals surface area contributed by atoms with Crippen molar-refractivity contribution in [3.8, 4) is 0 Å². The van der Waals surface area contributed by atoms with Crippen molar-refractivity contribution in [2.24, 2.45) is 0 Å². The van der Waals surface area contributed by atoms with Crippen molar-refractivity contribution in [3.05, 3.63) is 58.6 Å². The number of carbonyl (C=O) groups is 1. The molecule has 0 saturated carbocycles. The predicted molar refractivity (Wildman–Crippen MR) is 86.7 cm³/mol. The second-order valence-electron chi connectivity index (χ2n) is 5.38. The molecule has 0 aromatic heterocycles. The molecule has 1 heterocycles. The molecular formula is C15H9ClF3N2O4S-. The molecule has 26 heavy (non-hydrogen) atoms. The average Bonchev–Trinajstić information content (AvgIpc) is 2.52. The molecule has 138 valence electrons. The lowest BCUT2D eigenvalue weighted by atomic mass is 10.1. The van der Waals surface area contributed by atoms with Gasteiger partial charge in [0.25, 0.3) is 0 Å². The molecule has 3 rings (SSSR count). The van der Waals surface area contributed by atoms with Crippen LogP contribution in [0.25, 0.3) is 0 Å². The van der Waals surface area contributed by atoms with Crippen molar-refractivity contribution in [1.82, 2.24) is 0 Å². The van der Waals surface area contributed by atoms with Gasteiger partial charge in [0.1, 0.15) is 0 Å². The molecule has 6 nitrogen and oxygen atoms in total. The number of nitrogens with zero attached hydrogens (tertiary/aromatic N) is 2. The largest absolute Gasteiger partial charge is 0.730 e. The van der Waals surface area contributed by atoms with Gasteiger partial charge in [0, 0.05) is 0 Å². The number of urea groups is 1. The van der Waals surface area contributed by atoms with Crippen molar-refractivity contribution in [3.63, 3.8) is 0 Å². The fourth-order valence-corrected chi connectivity index (χ4v) is 3.53. The van der Waals surface area contributed by atoms with Gasteiger partial charge in [0.2, 0.25) is 0 Å². The lowest BCUT2D eigenvalue weighted by molar-refractivity contribution is -0.137. The van der Waals surface area contributed by atoms with Crippen molar-refractivity contribution in [2.45, 2.75) is 12.7 Å². The first-order valence-corrected chi connectivity index (χ1v) is 8.77. The van der Waals surface area contributed by atoms with E-state index in [0.717, 1.165) is 17.0 Å². The minimum Gasteiger partial charge on any atom is -0.730 e. The van der Waals surface area contributed by atoms with E-state index in [0.29, 0.717) is 6.07 Å². The smallest absolute Gasteiger partial charge is 0.416 e. The van der Waals surface area contributed by atoms with Crippen LogP contribution >= 0.6 is 11.6 Å². The average molecular weight is 406 g/mol. The van der Waals surface area contributed by atoms with Gasteiger partial charge in [-0.25, -0.2) is 13.2 Å². The van der Waals surface area contributed by atoms with Crippen molar-refractivity contribution in [2.75, 3.05) is 9.21 Å². The summed E-state index contributed by atoms with van der Waals surface area (Å²) in [6.07, 6.45) is -4.77. The summed E-state index contributed by atoms with van der Waals surface area (Å²) in [6.45, 7) is -0.248. The second-order valence-corrected chi connectivity index (χ2v) is 7.01. The van der Waals surface area contributed by atoms with E-state index in [4.69, 9.17) is 11.6 Å². The summed E-state index contributed by atoms with van der Waals surface area (Å²) in [5, 5.41) is 0.111. The molecule has 0 saturated heterocycles. The van der Waals surface area contributed by atoms with Gasteiger partial charge in [-0.3, -0.25) is 4.90 Å². The van der Waals surface area contributed by atoms with E-state index in [2.05, 4.69) is 0 Å². The van der Waals surface area contributed by atoms with E-state index in [1.165, 1.54) is 18.2 Å². The van der Waals surface area contributed by atoms with Gasteiger partial charge in [-0.1, -0.05) is 29.8 Å². The van der Waals surface area contributed by atoms with Crippen LogP contribution in [-0.4, -0.2) is 19.0 Å². The third-order valence-corrected chi connectivity index (χ3v) is 4.85. The number of carbonyl (C=O) groups excluding carboxylic acids is 1. The lowest BCUT2D eigenvalue weighted by Gasteiger charge is -2.38. The van der Waals surface area contributed by atoms with E-state index in [-0.39, 0.29) is 27.1 Å². The first kappa shape index (κ1) is 18.5. The summed E-state index contributed by atoms with van der Waals surface area (Å²) >= 11 is 6.01. The third-order valence-electron chi connectivity index (χ3n) is 3.73. The Bertz CT molecular complexity index is 995. The molecular weight excluding hydrogens is 397 g/mol. The number of amides is 2. The van der Waals surface area contributed by atoms with Crippen LogP contribution in [0.3, 0.4) is 0 Å². The monoisotopic (exact) mass is 405 g/mol. The molecule has 0 N–H and O–H groups in total. The number of rotatable bonds is 2. The maximum absolute atomic E-state index is 12.9. The Morgan fingerprint density at radius 1 is 1.08 bits per heavy atom. The van der Waals surface area contributed by atoms with Crippen molar-refractivity contribution >= 4 is 39.3 Å². The van der Waals surface area contributed by atoms with Gasteiger partial charge in [0.05, 0.1) is 28.5 Å². The Morgan fingerprint density at radius 3 is 2.31 bits per heavy atom. The van der Waals surface area contributed by atoms with E-state index in [1.54, 1.807) is 6.07 Å². The summed E-state index contributed by atoms with van der Waals surface area (Å²) < 4.78 is 73.3. The maximum Gasteiger partial charge on any atom is 0.416 e. The fraction of sp³-hybridized carbons (Fsp3) is 0.133. The first-order chi connectivity index (χ1) is 12.0. The number of hydrogen-bond donors (Lipinski definition) is 0. The highest BCUT2D eigenvalue weighted by Crippen LogP contribution is 2.39. The molecule has 2 aromatic rings. The molecule has 1 aliphatic rings. The van der Waals surface area contributed by atoms with E-state index in [1.807, 2.05) is 0 Å². The second kappa shape index (κ2) is 6.15. The van der Waals surface area contributed by atoms with Gasteiger partial charge < -0.3 is 4.55 Å². The van der Waals surface area contributed by atoms with Crippen LogP contribution in [0, 0.1) is 0 Å². The van der Waals surface area contributed by atoms with E-state index < -0.39 is 33.8 Å². The number of fused-ring (bicyclic) bond motifs is 1. The zero-order chi connectivity index (χ0) is 19.3. The zero-order valence-electron chi connectivity index (χ0n) is 12.7. The number of para-hydroxylation sites is 1. The molecule has 0 atom stereocenters. The quantitative estimate of drug-likeness (QED) is 0.712. The minimum absolute atomic E-state index is 0.0527. The lowest BCUT2D eigenvalue weighted by Crippen LogP contribution is -2.50. The number of alkyl halides is 3. The first-order valence-electron chi connectivity index (χ1n) is 7.02. The van der Waals surface area contributed by atoms with Crippen LogP contribution in [0.1, 0.15) is 11.1 Å². The van der Waals surface area contributed by atoms with E-state index in [9.17, 15) is 30.9 Å². The van der Waals surface area contributed by atoms with Crippen LogP contribution in [-0.2, 0) is 23.0 Å². The molecule has 0 aliphatic carbocycles. The Kier molecular flexibility index (Phi) is 4.37. The Balaban J connectivity index is 2.20. The molecule has 0 spiro atoms. The summed E-state index contributed by atoms with van der Waals surface area (Å²) in [4.78, 5) is 13.5. The fourth-order valence-electron chi connectivity index (χ4n) is 2.59. The molecule has 2 amide bonds. The SMILES string of the molecule is O=C1N(c2ccccc2Cl)Cc2ccc(C(F)(F)F)cc2N1S(=O)(=O)[O-]. The number of anilines is 2. The van der Waals surface area contributed by atoms with Gasteiger partial charge in [-0.05, 0) is 29.8 Å². The normalized spacial score (nSPS) is 15.2. The number of benzene rings is 2. The van der Waals surface area contributed by atoms with Gasteiger partial charge in [0.15, 0.2) is 10.3 Å². The highest BCUT2D eigenvalue weighted by molar-refractivity contribution is 7.88. The molecule has 0 radical (unpaired) electrons. The van der Waals surface area contributed by atoms with Crippen LogP contribution < -0.4 is 9.21 Å². The third kappa shape index (κ3) is 3.22. The highest BCUT2D eigenvalue weighted by atomic mass is 35.5. The summed E-state index contributed by atoms with van der Waals surface area (Å²) in [7, 11) is -5.42. The van der Waals surface area contributed by atoms with Crippen molar-refractivity contribution in [1.29, 1.82) is 0 Å². The van der Waals surface area contributed by atoms with Crippen LogP contribution in [0.15, 0.2) is 42.5 Å². The Labute approximate surface area is 151 Å². The molecule has 1 aliphatic heterocycles. The van der Waals surface area contributed by atoms with Gasteiger partial charge in [-0.2, -0.15) is 17.5 Å². The standard InChI is InChI=1S/C15H10ClF3N2O4S/c16-11-3-1-2-4-12(11)20-8-9-5-6-10(15(17,18)19)7-13(9)21(14(20)22)26(23,24)25/h1-7H,8H2,(H,23,24,25)/p-1. The molecule has 0 fully saturated rings. The highest BCUT2D eigenvalue weighted by Gasteiger charge is 2.38. The summed E-state index contributed by atoms with van der Waals surface area (Å²) in [6, 6.07) is 6.90. The molecule has 0 unspecified atom stereocenters. The summed E-state index contributed by atoms with van der Waals surface area (Å²) in [5.41, 5.74) is -1.62. The van der Waals surface area contributed by atoms with E-state index >= 15 is 0 Å². The topological polar surface area (TPSA) is 80.8 Å². The number of halogens is 4. The maximum atomic E-state index is 12.9. The Hall–Kier alpha value is -2.30. The predicted octanol–water partition coefficient (Wildman–Crippen LogP) is 3.77. The van der Waals surface area contributed by atoms with Crippen LogP contribution in [0.5, 0.6) is 0 Å². The molecule has 11 heteroatoms. The van der Waals surface area contributed by atoms with Crippen LogP contribution in [0.4, 0.5) is 29.3 Å². The van der Waals surface area contributed by atoms with Crippen molar-refractivity contribution < 1.29 is 30.9 Å². The minimum atomic E-state index is -5.42. The van der Waals surface area contributed by atoms with Gasteiger partial charge in [-0.15, -0.1) is 0 Å². The zero-order valence-corrected chi connectivity index (χ0v) is 14.3. The number of hydrogen-bond acceptors (Lipinski definition) is 4. The summed E-state index contributed by atoms with van der Waals surface area (Å²) in [5.74, 6) is 0.